The number of hydrogen-bond donors (Lipinski definition) is 1. The number of rotatable bonds is 8. The lowest BCUT2D eigenvalue weighted by Gasteiger charge is -2.45. The SMILES string of the molecule is CCC(C(C)S(=O)C(C)C)N1C(=O)C(CC(=O)O)OCC1c1ccc(Cl)cc1.Clc1ccccc1. The van der Waals surface area contributed by atoms with E-state index in [0.717, 1.165) is 10.6 Å². The highest BCUT2D eigenvalue weighted by atomic mass is 35.5. The van der Waals surface area contributed by atoms with Gasteiger partial charge < -0.3 is 14.7 Å². The summed E-state index contributed by atoms with van der Waals surface area (Å²) in [4.78, 5) is 26.1. The van der Waals surface area contributed by atoms with E-state index in [1.807, 2.05) is 70.2 Å². The topological polar surface area (TPSA) is 83.9 Å². The van der Waals surface area contributed by atoms with Crippen molar-refractivity contribution >= 4 is 45.9 Å². The number of aliphatic carboxylic acids is 1. The van der Waals surface area contributed by atoms with Gasteiger partial charge in [-0.25, -0.2) is 0 Å². The average Bonchev–Trinajstić information content (AvgIpc) is 2.82. The number of amides is 1. The van der Waals surface area contributed by atoms with Crippen LogP contribution in [0.15, 0.2) is 54.6 Å². The van der Waals surface area contributed by atoms with Crippen LogP contribution in [0.4, 0.5) is 0 Å². The third-order valence-electron chi connectivity index (χ3n) is 5.82. The Bertz CT molecular complexity index is 987. The third-order valence-corrected chi connectivity index (χ3v) is 8.30. The molecule has 1 aliphatic heterocycles. The molecule has 1 amide bonds. The van der Waals surface area contributed by atoms with Crippen LogP contribution in [0.2, 0.25) is 10.0 Å². The maximum atomic E-state index is 13.2. The number of benzene rings is 2. The number of carbonyl (C=O) groups is 2. The molecule has 3 rings (SSSR count). The molecule has 9 heteroatoms. The molecule has 6 nitrogen and oxygen atoms in total. The first-order valence-corrected chi connectivity index (χ1v) is 13.6. The van der Waals surface area contributed by atoms with Crippen molar-refractivity contribution in [3.05, 3.63) is 70.2 Å². The van der Waals surface area contributed by atoms with E-state index in [1.54, 1.807) is 17.0 Å². The van der Waals surface area contributed by atoms with Gasteiger partial charge in [-0.1, -0.05) is 74.3 Å². The fraction of sp³-hybridized carbons (Fsp3) is 0.462. The van der Waals surface area contributed by atoms with E-state index < -0.39 is 22.9 Å². The summed E-state index contributed by atoms with van der Waals surface area (Å²) in [6, 6.07) is 15.9. The molecule has 2 aromatic carbocycles. The van der Waals surface area contributed by atoms with Crippen molar-refractivity contribution < 1.29 is 23.6 Å². The predicted molar refractivity (Wildman–Crippen MR) is 141 cm³/mol. The monoisotopic (exact) mass is 541 g/mol. The maximum Gasteiger partial charge on any atom is 0.306 e. The Labute approximate surface area is 220 Å². The molecule has 0 aromatic heterocycles. The zero-order chi connectivity index (χ0) is 26.1. The zero-order valence-corrected chi connectivity index (χ0v) is 22.7. The Hall–Kier alpha value is -1.93. The molecular formula is C26H33Cl2NO5S. The molecule has 1 heterocycles. The smallest absolute Gasteiger partial charge is 0.306 e. The minimum Gasteiger partial charge on any atom is -0.481 e. The molecule has 5 unspecified atom stereocenters. The molecule has 1 saturated heterocycles. The number of carboxylic acids is 1. The second kappa shape index (κ2) is 14.0. The number of carboxylic acid groups (broad SMARTS) is 1. The maximum absolute atomic E-state index is 13.2. The van der Waals surface area contributed by atoms with Gasteiger partial charge >= 0.3 is 5.97 Å². The summed E-state index contributed by atoms with van der Waals surface area (Å²) in [5.41, 5.74) is 0.854. The summed E-state index contributed by atoms with van der Waals surface area (Å²) in [5, 5.41) is 10.2. The Balaban J connectivity index is 0.000000527. The van der Waals surface area contributed by atoms with Crippen molar-refractivity contribution in [2.45, 2.75) is 69.2 Å². The predicted octanol–water partition coefficient (Wildman–Crippen LogP) is 5.75. The third kappa shape index (κ3) is 8.31. The van der Waals surface area contributed by atoms with E-state index in [-0.39, 0.29) is 41.5 Å². The van der Waals surface area contributed by atoms with Crippen LogP contribution in [0.5, 0.6) is 0 Å². The van der Waals surface area contributed by atoms with E-state index >= 15 is 0 Å². The standard InChI is InChI=1S/C20H28ClNO5S.C6H5Cl/c1-5-16(13(4)28(26)12(2)3)22-17(14-6-8-15(21)9-7-14)11-27-18(20(22)25)10-19(23)24;7-6-4-2-1-3-5-6/h6-9,12-13,16-18H,5,10-11H2,1-4H3,(H,23,24);1-5H. The van der Waals surface area contributed by atoms with Gasteiger partial charge in [0, 0.05) is 32.1 Å². The van der Waals surface area contributed by atoms with Crippen molar-refractivity contribution in [2.75, 3.05) is 6.61 Å². The van der Waals surface area contributed by atoms with E-state index in [1.165, 1.54) is 0 Å². The summed E-state index contributed by atoms with van der Waals surface area (Å²) in [7, 11) is -1.13. The fourth-order valence-corrected chi connectivity index (χ4v) is 5.84. The first-order chi connectivity index (χ1) is 16.6. The number of hydrogen-bond acceptors (Lipinski definition) is 4. The molecule has 0 bridgehead atoms. The lowest BCUT2D eigenvalue weighted by atomic mass is 9.97. The fourth-order valence-electron chi connectivity index (χ4n) is 4.07. The van der Waals surface area contributed by atoms with Gasteiger partial charge in [0.15, 0.2) is 0 Å². The Morgan fingerprint density at radius 1 is 1.09 bits per heavy atom. The van der Waals surface area contributed by atoms with Crippen LogP contribution in [0.1, 0.15) is 52.1 Å². The van der Waals surface area contributed by atoms with Gasteiger partial charge in [0.25, 0.3) is 5.91 Å². The molecule has 1 aliphatic rings. The highest BCUT2D eigenvalue weighted by Gasteiger charge is 2.43. The molecule has 35 heavy (non-hydrogen) atoms. The summed E-state index contributed by atoms with van der Waals surface area (Å²) in [6.45, 7) is 7.81. The minimum absolute atomic E-state index is 0.0380. The Morgan fingerprint density at radius 3 is 2.11 bits per heavy atom. The second-order valence-electron chi connectivity index (χ2n) is 8.59. The van der Waals surface area contributed by atoms with Gasteiger partial charge in [-0.2, -0.15) is 0 Å². The highest BCUT2D eigenvalue weighted by Crippen LogP contribution is 2.34. The minimum atomic E-state index is -1.13. The van der Waals surface area contributed by atoms with Crippen LogP contribution < -0.4 is 0 Å². The quantitative estimate of drug-likeness (QED) is 0.460. The van der Waals surface area contributed by atoms with Gasteiger partial charge in [-0.05, 0) is 43.2 Å². The van der Waals surface area contributed by atoms with Gasteiger partial charge in [0.1, 0.15) is 6.10 Å². The molecule has 192 valence electrons. The van der Waals surface area contributed by atoms with Crippen molar-refractivity contribution in [3.8, 4) is 0 Å². The van der Waals surface area contributed by atoms with Gasteiger partial charge in [0.05, 0.1) is 24.3 Å². The number of morpholine rings is 1. The van der Waals surface area contributed by atoms with Crippen molar-refractivity contribution in [2.24, 2.45) is 0 Å². The van der Waals surface area contributed by atoms with Crippen LogP contribution >= 0.6 is 23.2 Å². The lowest BCUT2D eigenvalue weighted by Crippen LogP contribution is -2.57. The number of nitrogens with zero attached hydrogens (tertiary/aromatic N) is 1. The average molecular weight is 543 g/mol. The highest BCUT2D eigenvalue weighted by molar-refractivity contribution is 7.86. The van der Waals surface area contributed by atoms with Crippen LogP contribution in [-0.4, -0.2) is 55.3 Å². The van der Waals surface area contributed by atoms with Crippen LogP contribution in [-0.2, 0) is 25.1 Å². The molecule has 0 saturated carbocycles. The summed E-state index contributed by atoms with van der Waals surface area (Å²) >= 11 is 11.5. The second-order valence-corrected chi connectivity index (χ2v) is 11.8. The van der Waals surface area contributed by atoms with Crippen LogP contribution in [0, 0.1) is 0 Å². The summed E-state index contributed by atoms with van der Waals surface area (Å²) in [6.07, 6.45) is -0.814. The zero-order valence-electron chi connectivity index (χ0n) is 20.4. The van der Waals surface area contributed by atoms with E-state index in [2.05, 4.69) is 0 Å². The van der Waals surface area contributed by atoms with Gasteiger partial charge in [-0.15, -0.1) is 0 Å². The molecule has 1 fully saturated rings. The molecule has 0 aliphatic carbocycles. The molecule has 1 N–H and O–H groups in total. The number of halogens is 2. The molecule has 0 radical (unpaired) electrons. The first kappa shape index (κ1) is 29.3. The normalized spacial score (nSPS) is 20.5. The molecular weight excluding hydrogens is 509 g/mol. The van der Waals surface area contributed by atoms with Crippen molar-refractivity contribution in [3.63, 3.8) is 0 Å². The van der Waals surface area contributed by atoms with E-state index in [0.29, 0.717) is 11.4 Å². The largest absolute Gasteiger partial charge is 0.481 e. The molecule has 0 spiro atoms. The molecule has 2 aromatic rings. The number of carbonyl (C=O) groups excluding carboxylic acids is 1. The number of ether oxygens (including phenoxy) is 1. The van der Waals surface area contributed by atoms with E-state index in [9.17, 15) is 13.8 Å². The van der Waals surface area contributed by atoms with Gasteiger partial charge in [0.2, 0.25) is 0 Å². The van der Waals surface area contributed by atoms with Crippen molar-refractivity contribution in [1.29, 1.82) is 0 Å². The van der Waals surface area contributed by atoms with Gasteiger partial charge in [-0.3, -0.25) is 13.8 Å². The Kier molecular flexibility index (Phi) is 11.7. The summed E-state index contributed by atoms with van der Waals surface area (Å²) < 4.78 is 18.4. The summed E-state index contributed by atoms with van der Waals surface area (Å²) in [5.74, 6) is -1.46. The molecule has 5 atom stereocenters. The lowest BCUT2D eigenvalue weighted by molar-refractivity contribution is -0.169. The van der Waals surface area contributed by atoms with Crippen molar-refractivity contribution in [1.82, 2.24) is 4.90 Å². The Morgan fingerprint density at radius 2 is 1.66 bits per heavy atom. The van der Waals surface area contributed by atoms with E-state index in [4.69, 9.17) is 33.0 Å². The first-order valence-electron chi connectivity index (χ1n) is 11.6. The van der Waals surface area contributed by atoms with Crippen LogP contribution in [0.25, 0.3) is 0 Å². The van der Waals surface area contributed by atoms with Crippen LogP contribution in [0.3, 0.4) is 0 Å².